The van der Waals surface area contributed by atoms with Gasteiger partial charge in [-0.2, -0.15) is 0 Å². The Hall–Kier alpha value is -2.87. The molecule has 0 saturated carbocycles. The summed E-state index contributed by atoms with van der Waals surface area (Å²) in [7, 11) is 2.12. The number of phenols is 1. The maximum Gasteiger partial charge on any atom is 0.262 e. The number of hydrogen-bond acceptors (Lipinski definition) is 5. The topological polar surface area (TPSA) is 81.7 Å². The molecule has 33 heavy (non-hydrogen) atoms. The molecule has 1 aliphatic heterocycles. The van der Waals surface area contributed by atoms with Crippen molar-refractivity contribution in [1.29, 1.82) is 0 Å². The quantitative estimate of drug-likeness (QED) is 0.492. The molecule has 1 aliphatic rings. The number of likely N-dealkylation sites (N-methyl/N-ethyl adjacent to an activating group) is 1. The summed E-state index contributed by atoms with van der Waals surface area (Å²) in [6.07, 6.45) is 2.21. The number of thiophene rings is 1. The first-order chi connectivity index (χ1) is 15.9. The summed E-state index contributed by atoms with van der Waals surface area (Å²) in [6, 6.07) is 15.1. The molecule has 2 heterocycles. The van der Waals surface area contributed by atoms with Gasteiger partial charge in [-0.05, 0) is 73.0 Å². The van der Waals surface area contributed by atoms with Crippen LogP contribution >= 0.6 is 22.9 Å². The number of nitrogens with zero attached hydrogens (tertiary/aromatic N) is 1. The lowest BCUT2D eigenvalue weighted by molar-refractivity contribution is -0.118. The fraction of sp³-hybridized carbons (Fsp3) is 0.280. The van der Waals surface area contributed by atoms with Crippen molar-refractivity contribution < 1.29 is 14.7 Å². The average molecular weight is 484 g/mol. The number of halogens is 1. The summed E-state index contributed by atoms with van der Waals surface area (Å²) in [5.41, 5.74) is 4.08. The molecule has 2 aromatic carbocycles. The third kappa shape index (κ3) is 6.13. The lowest BCUT2D eigenvalue weighted by atomic mass is 10.0. The maximum atomic E-state index is 13.2. The lowest BCUT2D eigenvalue weighted by Crippen LogP contribution is -2.45. The van der Waals surface area contributed by atoms with Crippen LogP contribution in [0.15, 0.2) is 54.6 Å². The Labute approximate surface area is 202 Å². The highest BCUT2D eigenvalue weighted by atomic mass is 35.5. The zero-order chi connectivity index (χ0) is 23.4. The molecule has 3 aromatic rings. The maximum absolute atomic E-state index is 13.2. The second-order valence-electron chi connectivity index (χ2n) is 8.28. The van der Waals surface area contributed by atoms with Crippen molar-refractivity contribution in [2.24, 2.45) is 0 Å². The van der Waals surface area contributed by atoms with E-state index in [0.29, 0.717) is 14.9 Å². The van der Waals surface area contributed by atoms with Gasteiger partial charge in [-0.15, -0.1) is 11.3 Å². The molecule has 2 amide bonds. The third-order valence-electron chi connectivity index (χ3n) is 5.79. The van der Waals surface area contributed by atoms with E-state index >= 15 is 0 Å². The van der Waals surface area contributed by atoms with Crippen molar-refractivity contribution in [3.63, 3.8) is 0 Å². The molecule has 8 heteroatoms. The highest BCUT2D eigenvalue weighted by Gasteiger charge is 2.23. The van der Waals surface area contributed by atoms with E-state index < -0.39 is 6.04 Å². The van der Waals surface area contributed by atoms with Crippen molar-refractivity contribution in [1.82, 2.24) is 10.2 Å². The molecular weight excluding hydrogens is 458 g/mol. The van der Waals surface area contributed by atoms with Gasteiger partial charge in [-0.3, -0.25) is 9.59 Å². The first kappa shape index (κ1) is 23.3. The number of fused-ring (bicyclic) bond motifs is 1. The van der Waals surface area contributed by atoms with Crippen molar-refractivity contribution >= 4 is 40.4 Å². The van der Waals surface area contributed by atoms with Crippen LogP contribution in [0.25, 0.3) is 0 Å². The molecule has 0 fully saturated rings. The Morgan fingerprint density at radius 3 is 2.48 bits per heavy atom. The van der Waals surface area contributed by atoms with Crippen LogP contribution in [0.5, 0.6) is 5.75 Å². The van der Waals surface area contributed by atoms with Crippen LogP contribution in [-0.4, -0.2) is 48.0 Å². The Bertz CT molecular complexity index is 1150. The number of amides is 2. The van der Waals surface area contributed by atoms with Crippen molar-refractivity contribution in [2.75, 3.05) is 25.5 Å². The van der Waals surface area contributed by atoms with E-state index in [2.05, 4.69) is 28.6 Å². The number of aromatic hydroxyl groups is 1. The van der Waals surface area contributed by atoms with E-state index in [1.54, 1.807) is 36.4 Å². The van der Waals surface area contributed by atoms with Gasteiger partial charge < -0.3 is 20.6 Å². The second kappa shape index (κ2) is 10.4. The van der Waals surface area contributed by atoms with Crippen LogP contribution in [-0.2, 0) is 24.1 Å². The molecule has 0 aliphatic carbocycles. The van der Waals surface area contributed by atoms with Gasteiger partial charge in [-0.25, -0.2) is 0 Å². The predicted octanol–water partition coefficient (Wildman–Crippen LogP) is 4.12. The Kier molecular flexibility index (Phi) is 7.33. The van der Waals surface area contributed by atoms with E-state index in [1.165, 1.54) is 11.1 Å². The van der Waals surface area contributed by atoms with Gasteiger partial charge in [0.25, 0.3) is 5.91 Å². The molecule has 0 radical (unpaired) electrons. The molecule has 0 spiro atoms. The molecule has 0 saturated heterocycles. The third-order valence-corrected chi connectivity index (χ3v) is 7.02. The molecule has 6 nitrogen and oxygen atoms in total. The van der Waals surface area contributed by atoms with Crippen LogP contribution in [0.2, 0.25) is 4.34 Å². The number of hydrogen-bond donors (Lipinski definition) is 3. The van der Waals surface area contributed by atoms with Gasteiger partial charge in [0.15, 0.2) is 0 Å². The van der Waals surface area contributed by atoms with Gasteiger partial charge in [0.05, 0.1) is 9.21 Å². The minimum atomic E-state index is -0.798. The standard InChI is InChI=1S/C25H26ClN3O3S/c1-29-12-10-17-4-5-19(15-18(17)11-13-29)27-24(31)21(14-16-2-6-20(30)7-3-16)28-25(32)22-8-9-23(26)33-22/h2-9,15,21,30H,10-14H2,1H3,(H,27,31)(H,28,32). The Balaban J connectivity index is 1.52. The van der Waals surface area contributed by atoms with Crippen molar-refractivity contribution in [3.8, 4) is 5.75 Å². The summed E-state index contributed by atoms with van der Waals surface area (Å²) in [5, 5.41) is 15.4. The second-order valence-corrected chi connectivity index (χ2v) is 9.99. The van der Waals surface area contributed by atoms with Gasteiger partial charge in [0, 0.05) is 25.2 Å². The number of rotatable bonds is 6. The van der Waals surface area contributed by atoms with Crippen molar-refractivity contribution in [3.05, 3.63) is 80.5 Å². The zero-order valence-electron chi connectivity index (χ0n) is 18.3. The molecule has 1 atom stereocenters. The normalized spacial score (nSPS) is 14.7. The summed E-state index contributed by atoms with van der Waals surface area (Å²) >= 11 is 7.13. The van der Waals surface area contributed by atoms with E-state index in [1.807, 2.05) is 12.1 Å². The van der Waals surface area contributed by atoms with Gasteiger partial charge in [0.1, 0.15) is 11.8 Å². The van der Waals surface area contributed by atoms with Gasteiger partial charge in [0.2, 0.25) is 5.91 Å². The van der Waals surface area contributed by atoms with Crippen LogP contribution in [0.1, 0.15) is 26.4 Å². The number of phenolic OH excluding ortho intramolecular Hbond substituents is 1. The highest BCUT2D eigenvalue weighted by Crippen LogP contribution is 2.23. The number of nitrogens with one attached hydrogen (secondary N) is 2. The monoisotopic (exact) mass is 483 g/mol. The van der Waals surface area contributed by atoms with E-state index in [0.717, 1.165) is 42.8 Å². The molecule has 1 aromatic heterocycles. The lowest BCUT2D eigenvalue weighted by Gasteiger charge is -2.19. The fourth-order valence-corrected chi connectivity index (χ4v) is 4.83. The van der Waals surface area contributed by atoms with Crippen LogP contribution in [0, 0.1) is 0 Å². The summed E-state index contributed by atoms with van der Waals surface area (Å²) < 4.78 is 0.510. The Morgan fingerprint density at radius 2 is 1.79 bits per heavy atom. The molecule has 4 rings (SSSR count). The fourth-order valence-electron chi connectivity index (χ4n) is 3.89. The van der Waals surface area contributed by atoms with E-state index in [4.69, 9.17) is 11.6 Å². The minimum absolute atomic E-state index is 0.146. The summed E-state index contributed by atoms with van der Waals surface area (Å²) in [6.45, 7) is 2.00. The predicted molar refractivity (Wildman–Crippen MR) is 132 cm³/mol. The zero-order valence-corrected chi connectivity index (χ0v) is 19.9. The van der Waals surface area contributed by atoms with E-state index in [-0.39, 0.29) is 24.0 Å². The first-order valence-corrected chi connectivity index (χ1v) is 12.0. The van der Waals surface area contributed by atoms with Crippen LogP contribution < -0.4 is 10.6 Å². The first-order valence-electron chi connectivity index (χ1n) is 10.8. The SMILES string of the molecule is CN1CCc2ccc(NC(=O)C(Cc3ccc(O)cc3)NC(=O)c3ccc(Cl)s3)cc2CC1. The minimum Gasteiger partial charge on any atom is -0.508 e. The van der Waals surface area contributed by atoms with Crippen LogP contribution in [0.4, 0.5) is 5.69 Å². The van der Waals surface area contributed by atoms with Crippen LogP contribution in [0.3, 0.4) is 0 Å². The molecule has 3 N–H and O–H groups in total. The number of carbonyl (C=O) groups is 2. The number of anilines is 1. The molecular formula is C25H26ClN3O3S. The number of benzene rings is 2. The summed E-state index contributed by atoms with van der Waals surface area (Å²) in [4.78, 5) is 28.7. The molecule has 0 bridgehead atoms. The molecule has 172 valence electrons. The highest BCUT2D eigenvalue weighted by molar-refractivity contribution is 7.18. The van der Waals surface area contributed by atoms with Crippen molar-refractivity contribution in [2.45, 2.75) is 25.3 Å². The molecule has 1 unspecified atom stereocenters. The smallest absolute Gasteiger partial charge is 0.262 e. The summed E-state index contributed by atoms with van der Waals surface area (Å²) in [5.74, 6) is -0.506. The largest absolute Gasteiger partial charge is 0.508 e. The van der Waals surface area contributed by atoms with Gasteiger partial charge in [-0.1, -0.05) is 29.8 Å². The average Bonchev–Trinajstić information content (AvgIpc) is 3.15. The number of carbonyl (C=O) groups excluding carboxylic acids is 2. The van der Waals surface area contributed by atoms with Gasteiger partial charge >= 0.3 is 0 Å². The van der Waals surface area contributed by atoms with E-state index in [9.17, 15) is 14.7 Å². The Morgan fingerprint density at radius 1 is 1.06 bits per heavy atom.